The summed E-state index contributed by atoms with van der Waals surface area (Å²) in [5.74, 6) is 0.928. The van der Waals surface area contributed by atoms with Crippen molar-refractivity contribution in [2.24, 2.45) is 5.92 Å². The van der Waals surface area contributed by atoms with Gasteiger partial charge in [-0.15, -0.1) is 0 Å². The van der Waals surface area contributed by atoms with Crippen molar-refractivity contribution in [1.29, 1.82) is 0 Å². The first kappa shape index (κ1) is 16.1. The van der Waals surface area contributed by atoms with Gasteiger partial charge < -0.3 is 14.3 Å². The van der Waals surface area contributed by atoms with Crippen LogP contribution in [0.4, 0.5) is 5.69 Å². The predicted octanol–water partition coefficient (Wildman–Crippen LogP) is 2.01. The summed E-state index contributed by atoms with van der Waals surface area (Å²) in [6.45, 7) is 3.29. The molecule has 2 saturated heterocycles. The first-order valence-corrected chi connectivity index (χ1v) is 8.54. The Balaban J connectivity index is 1.37. The minimum absolute atomic E-state index is 0.0114. The highest BCUT2D eigenvalue weighted by atomic mass is 35.5. The smallest absolute Gasteiger partial charge is 0.233 e. The van der Waals surface area contributed by atoms with E-state index in [1.54, 1.807) is 41.0 Å². The number of likely N-dealkylation sites (tertiary alicyclic amines) is 1. The van der Waals surface area contributed by atoms with Crippen LogP contribution in [-0.2, 0) is 9.59 Å². The fraction of sp³-hybridized carbons (Fsp3) is 0.412. The second-order valence-electron chi connectivity index (χ2n) is 6.50. The van der Waals surface area contributed by atoms with Crippen LogP contribution >= 0.6 is 11.6 Å². The normalized spacial score (nSPS) is 20.9. The maximum atomic E-state index is 12.6. The number of aromatic nitrogens is 2. The fourth-order valence-corrected chi connectivity index (χ4v) is 3.42. The first-order valence-electron chi connectivity index (χ1n) is 8.16. The topological polar surface area (TPSA) is 79.5 Å². The zero-order valence-electron chi connectivity index (χ0n) is 13.7. The average Bonchev–Trinajstić information content (AvgIpc) is 3.13. The number of aryl methyl sites for hydroxylation is 1. The molecule has 8 heteroatoms. The van der Waals surface area contributed by atoms with Crippen molar-refractivity contribution in [3.8, 4) is 0 Å². The van der Waals surface area contributed by atoms with Crippen LogP contribution in [0, 0.1) is 12.8 Å². The molecule has 130 valence electrons. The predicted molar refractivity (Wildman–Crippen MR) is 90.3 cm³/mol. The lowest BCUT2D eigenvalue weighted by atomic mass is 9.96. The number of anilines is 1. The number of carbonyl (C=O) groups is 2. The third-order valence-corrected chi connectivity index (χ3v) is 4.95. The molecule has 0 radical (unpaired) electrons. The van der Waals surface area contributed by atoms with E-state index in [2.05, 4.69) is 10.1 Å². The van der Waals surface area contributed by atoms with Gasteiger partial charge in [0.15, 0.2) is 5.82 Å². The van der Waals surface area contributed by atoms with Crippen LogP contribution in [0.5, 0.6) is 0 Å². The minimum atomic E-state index is -0.312. The Hall–Kier alpha value is -2.41. The van der Waals surface area contributed by atoms with E-state index in [1.165, 1.54) is 0 Å². The standard InChI is InChI=1S/C17H17ClN4O3/c1-10-19-16(25-20-10)12-7-21(8-12)17(24)11-6-15(23)22(9-11)14-4-2-13(18)3-5-14/h2-5,11-12H,6-9H2,1H3. The van der Waals surface area contributed by atoms with Crippen molar-refractivity contribution in [3.05, 3.63) is 41.0 Å². The molecule has 2 aliphatic rings. The van der Waals surface area contributed by atoms with Gasteiger partial charge in [0.25, 0.3) is 0 Å². The summed E-state index contributed by atoms with van der Waals surface area (Å²) in [4.78, 5) is 32.5. The highest BCUT2D eigenvalue weighted by Crippen LogP contribution is 2.31. The molecule has 0 bridgehead atoms. The second kappa shape index (κ2) is 6.15. The van der Waals surface area contributed by atoms with Crippen molar-refractivity contribution < 1.29 is 14.1 Å². The van der Waals surface area contributed by atoms with Gasteiger partial charge in [0.1, 0.15) is 0 Å². The quantitative estimate of drug-likeness (QED) is 0.836. The molecule has 4 rings (SSSR count). The second-order valence-corrected chi connectivity index (χ2v) is 6.94. The summed E-state index contributed by atoms with van der Waals surface area (Å²) in [6, 6.07) is 7.08. The van der Waals surface area contributed by atoms with Crippen molar-refractivity contribution >= 4 is 29.1 Å². The van der Waals surface area contributed by atoms with Crippen LogP contribution in [0.2, 0.25) is 5.02 Å². The minimum Gasteiger partial charge on any atom is -0.341 e. The molecule has 3 heterocycles. The average molecular weight is 361 g/mol. The summed E-state index contributed by atoms with van der Waals surface area (Å²) in [5, 5.41) is 4.39. The van der Waals surface area contributed by atoms with Gasteiger partial charge in [0.2, 0.25) is 17.7 Å². The maximum absolute atomic E-state index is 12.6. The Kier molecular flexibility index (Phi) is 3.95. The molecule has 2 aliphatic heterocycles. The van der Waals surface area contributed by atoms with E-state index in [0.717, 1.165) is 5.69 Å². The zero-order valence-corrected chi connectivity index (χ0v) is 14.4. The Morgan fingerprint density at radius 2 is 1.96 bits per heavy atom. The van der Waals surface area contributed by atoms with Crippen LogP contribution < -0.4 is 4.90 Å². The third-order valence-electron chi connectivity index (χ3n) is 4.70. The van der Waals surface area contributed by atoms with Crippen molar-refractivity contribution in [2.45, 2.75) is 19.3 Å². The van der Waals surface area contributed by atoms with E-state index in [-0.39, 0.29) is 30.1 Å². The molecule has 7 nitrogen and oxygen atoms in total. The fourth-order valence-electron chi connectivity index (χ4n) is 3.30. The lowest BCUT2D eigenvalue weighted by Crippen LogP contribution is -2.51. The van der Waals surface area contributed by atoms with Crippen LogP contribution in [0.1, 0.15) is 24.1 Å². The van der Waals surface area contributed by atoms with Gasteiger partial charge in [0.05, 0.1) is 11.8 Å². The summed E-state index contributed by atoms with van der Waals surface area (Å²) in [7, 11) is 0. The Labute approximate surface area is 149 Å². The largest absolute Gasteiger partial charge is 0.341 e. The number of hydrogen-bond acceptors (Lipinski definition) is 5. The van der Waals surface area contributed by atoms with Crippen molar-refractivity contribution in [3.63, 3.8) is 0 Å². The molecule has 0 aliphatic carbocycles. The number of halogens is 1. The third kappa shape index (κ3) is 3.00. The van der Waals surface area contributed by atoms with E-state index in [1.807, 2.05) is 0 Å². The summed E-state index contributed by atoms with van der Waals surface area (Å²) in [5.41, 5.74) is 0.771. The van der Waals surface area contributed by atoms with E-state index in [0.29, 0.717) is 36.4 Å². The number of carbonyl (C=O) groups excluding carboxylic acids is 2. The van der Waals surface area contributed by atoms with E-state index < -0.39 is 0 Å². The number of rotatable bonds is 3. The maximum Gasteiger partial charge on any atom is 0.233 e. The van der Waals surface area contributed by atoms with Crippen molar-refractivity contribution in [1.82, 2.24) is 15.0 Å². The molecular weight excluding hydrogens is 344 g/mol. The molecule has 1 unspecified atom stereocenters. The van der Waals surface area contributed by atoms with Gasteiger partial charge >= 0.3 is 0 Å². The molecule has 2 fully saturated rings. The van der Waals surface area contributed by atoms with Gasteiger partial charge in [-0.3, -0.25) is 9.59 Å². The SMILES string of the molecule is Cc1noc(C2CN(C(=O)C3CC(=O)N(c4ccc(Cl)cc4)C3)C2)n1. The Morgan fingerprint density at radius 3 is 2.60 bits per heavy atom. The lowest BCUT2D eigenvalue weighted by Gasteiger charge is -2.38. The zero-order chi connectivity index (χ0) is 17.6. The first-order chi connectivity index (χ1) is 12.0. The van der Waals surface area contributed by atoms with Crippen LogP contribution in [0.3, 0.4) is 0 Å². The van der Waals surface area contributed by atoms with E-state index in [4.69, 9.17) is 16.1 Å². The molecule has 2 amide bonds. The number of nitrogens with zero attached hydrogens (tertiary/aromatic N) is 4. The van der Waals surface area contributed by atoms with Gasteiger partial charge in [-0.1, -0.05) is 16.8 Å². The molecular formula is C17H17ClN4O3. The molecule has 2 aromatic rings. The number of hydrogen-bond donors (Lipinski definition) is 0. The van der Waals surface area contributed by atoms with Crippen LogP contribution in [0.25, 0.3) is 0 Å². The lowest BCUT2D eigenvalue weighted by molar-refractivity contribution is -0.140. The monoisotopic (exact) mass is 360 g/mol. The summed E-state index contributed by atoms with van der Waals surface area (Å²) in [6.07, 6.45) is 0.238. The number of benzene rings is 1. The molecule has 1 aromatic heterocycles. The van der Waals surface area contributed by atoms with E-state index >= 15 is 0 Å². The van der Waals surface area contributed by atoms with E-state index in [9.17, 15) is 9.59 Å². The molecule has 0 spiro atoms. The van der Waals surface area contributed by atoms with Gasteiger partial charge in [-0.2, -0.15) is 4.98 Å². The van der Waals surface area contributed by atoms with Crippen LogP contribution in [0.15, 0.2) is 28.8 Å². The van der Waals surface area contributed by atoms with Crippen LogP contribution in [-0.4, -0.2) is 46.5 Å². The van der Waals surface area contributed by atoms with Crippen molar-refractivity contribution in [2.75, 3.05) is 24.5 Å². The highest BCUT2D eigenvalue weighted by Gasteiger charge is 2.42. The van der Waals surface area contributed by atoms with Gasteiger partial charge in [0, 0.05) is 36.8 Å². The molecule has 1 atom stereocenters. The highest BCUT2D eigenvalue weighted by molar-refractivity contribution is 6.30. The Bertz CT molecular complexity index is 814. The molecule has 25 heavy (non-hydrogen) atoms. The molecule has 0 saturated carbocycles. The van der Waals surface area contributed by atoms with Gasteiger partial charge in [-0.25, -0.2) is 0 Å². The number of amides is 2. The Morgan fingerprint density at radius 1 is 1.24 bits per heavy atom. The molecule has 0 N–H and O–H groups in total. The summed E-state index contributed by atoms with van der Waals surface area (Å²) < 4.78 is 5.15. The molecule has 1 aromatic carbocycles. The van der Waals surface area contributed by atoms with Gasteiger partial charge in [-0.05, 0) is 31.2 Å². The summed E-state index contributed by atoms with van der Waals surface area (Å²) >= 11 is 5.89.